The van der Waals surface area contributed by atoms with Crippen LogP contribution in [-0.4, -0.2) is 26.8 Å². The van der Waals surface area contributed by atoms with Gasteiger partial charge < -0.3 is 10.8 Å². The average Bonchev–Trinajstić information content (AvgIpc) is 2.25. The van der Waals surface area contributed by atoms with Crippen LogP contribution in [0.25, 0.3) is 0 Å². The summed E-state index contributed by atoms with van der Waals surface area (Å²) in [5, 5.41) is 9.32. The van der Waals surface area contributed by atoms with Crippen molar-refractivity contribution in [1.82, 2.24) is 4.98 Å². The van der Waals surface area contributed by atoms with E-state index in [0.717, 1.165) is 5.69 Å². The highest BCUT2D eigenvalue weighted by atomic mass is 35.5. The minimum atomic E-state index is -0.999. The van der Waals surface area contributed by atoms with Crippen molar-refractivity contribution in [2.45, 2.75) is 30.4 Å². The Balaban J connectivity index is 2.64. The fraction of sp³-hybridized carbons (Fsp3) is 0.455. The standard InChI is InChI=1S/C11H15ClN2O2S/c1-11(2,9(13)10(15)16)17-6-7-4-3-5-8(12)14-7/h3-5,9H,6,13H2,1-2H3,(H,15,16)/t9-/m1/s1. The third-order valence-corrected chi connectivity index (χ3v) is 4.03. The topological polar surface area (TPSA) is 76.2 Å². The first kappa shape index (κ1) is 14.3. The lowest BCUT2D eigenvalue weighted by Gasteiger charge is -2.27. The number of halogens is 1. The van der Waals surface area contributed by atoms with E-state index in [9.17, 15) is 4.79 Å². The largest absolute Gasteiger partial charge is 0.480 e. The molecule has 1 heterocycles. The highest BCUT2D eigenvalue weighted by Crippen LogP contribution is 2.30. The molecule has 0 aliphatic carbocycles. The molecule has 0 unspecified atom stereocenters. The Morgan fingerprint density at radius 3 is 2.82 bits per heavy atom. The number of aromatic nitrogens is 1. The van der Waals surface area contributed by atoms with Gasteiger partial charge in [-0.2, -0.15) is 0 Å². The molecule has 4 nitrogen and oxygen atoms in total. The summed E-state index contributed by atoms with van der Waals surface area (Å²) in [6.07, 6.45) is 0. The van der Waals surface area contributed by atoms with Crippen LogP contribution in [0.15, 0.2) is 18.2 Å². The monoisotopic (exact) mass is 274 g/mol. The van der Waals surface area contributed by atoms with Crippen LogP contribution in [0.5, 0.6) is 0 Å². The first-order valence-electron chi connectivity index (χ1n) is 5.06. The van der Waals surface area contributed by atoms with Crippen molar-refractivity contribution in [3.05, 3.63) is 29.0 Å². The molecule has 0 aromatic carbocycles. The maximum absolute atomic E-state index is 10.8. The second kappa shape index (κ2) is 5.71. The molecular formula is C11H15ClN2O2S. The van der Waals surface area contributed by atoms with Crippen molar-refractivity contribution < 1.29 is 9.90 Å². The first-order chi connectivity index (χ1) is 7.83. The Kier molecular flexibility index (Phi) is 4.80. The molecule has 0 fully saturated rings. The Hall–Kier alpha value is -0.780. The van der Waals surface area contributed by atoms with Gasteiger partial charge in [0, 0.05) is 10.5 Å². The van der Waals surface area contributed by atoms with Crippen molar-refractivity contribution in [3.8, 4) is 0 Å². The van der Waals surface area contributed by atoms with E-state index >= 15 is 0 Å². The maximum atomic E-state index is 10.8. The summed E-state index contributed by atoms with van der Waals surface area (Å²) >= 11 is 7.22. The number of rotatable bonds is 5. The highest BCUT2D eigenvalue weighted by Gasteiger charge is 2.32. The first-order valence-corrected chi connectivity index (χ1v) is 6.43. The van der Waals surface area contributed by atoms with Crippen LogP contribution in [0.1, 0.15) is 19.5 Å². The van der Waals surface area contributed by atoms with Gasteiger partial charge in [-0.05, 0) is 26.0 Å². The maximum Gasteiger partial charge on any atom is 0.321 e. The number of nitrogens with two attached hydrogens (primary N) is 1. The lowest BCUT2D eigenvalue weighted by Crippen LogP contribution is -2.46. The Morgan fingerprint density at radius 1 is 1.65 bits per heavy atom. The summed E-state index contributed by atoms with van der Waals surface area (Å²) in [4.78, 5) is 15.0. The molecule has 0 saturated heterocycles. The van der Waals surface area contributed by atoms with Crippen LogP contribution in [0.4, 0.5) is 0 Å². The smallest absolute Gasteiger partial charge is 0.321 e. The summed E-state index contributed by atoms with van der Waals surface area (Å²) in [7, 11) is 0. The predicted octanol–water partition coefficient (Wildman–Crippen LogP) is 2.16. The van der Waals surface area contributed by atoms with E-state index in [4.69, 9.17) is 22.4 Å². The zero-order chi connectivity index (χ0) is 13.1. The van der Waals surface area contributed by atoms with Crippen LogP contribution in [-0.2, 0) is 10.5 Å². The number of carboxylic acid groups (broad SMARTS) is 1. The molecular weight excluding hydrogens is 260 g/mol. The van der Waals surface area contributed by atoms with Gasteiger partial charge in [0.15, 0.2) is 0 Å². The molecule has 0 aliphatic rings. The second-order valence-electron chi connectivity index (χ2n) is 4.16. The van der Waals surface area contributed by atoms with Gasteiger partial charge in [0.05, 0.1) is 5.69 Å². The third-order valence-electron chi connectivity index (χ3n) is 2.38. The van der Waals surface area contributed by atoms with Crippen LogP contribution in [0.3, 0.4) is 0 Å². The molecule has 94 valence electrons. The Bertz CT molecular complexity index is 412. The predicted molar refractivity (Wildman–Crippen MR) is 70.2 cm³/mol. The zero-order valence-corrected chi connectivity index (χ0v) is 11.3. The van der Waals surface area contributed by atoms with Crippen molar-refractivity contribution >= 4 is 29.3 Å². The van der Waals surface area contributed by atoms with E-state index in [2.05, 4.69) is 4.98 Å². The molecule has 1 rings (SSSR count). The average molecular weight is 275 g/mol. The molecule has 6 heteroatoms. The van der Waals surface area contributed by atoms with E-state index in [1.807, 2.05) is 12.1 Å². The summed E-state index contributed by atoms with van der Waals surface area (Å²) in [5.41, 5.74) is 6.43. The molecule has 0 radical (unpaired) electrons. The van der Waals surface area contributed by atoms with Gasteiger partial charge in [0.2, 0.25) is 0 Å². The minimum Gasteiger partial charge on any atom is -0.480 e. The van der Waals surface area contributed by atoms with Gasteiger partial charge >= 0.3 is 5.97 Å². The molecule has 1 aromatic heterocycles. The van der Waals surface area contributed by atoms with Crippen LogP contribution < -0.4 is 5.73 Å². The molecule has 17 heavy (non-hydrogen) atoms. The van der Waals surface area contributed by atoms with E-state index in [1.54, 1.807) is 19.9 Å². The van der Waals surface area contributed by atoms with Gasteiger partial charge in [-0.3, -0.25) is 4.79 Å². The summed E-state index contributed by atoms with van der Waals surface area (Å²) in [6.45, 7) is 3.61. The Labute approximate surface area is 110 Å². The highest BCUT2D eigenvalue weighted by molar-refractivity contribution is 7.99. The fourth-order valence-corrected chi connectivity index (χ4v) is 2.32. The summed E-state index contributed by atoms with van der Waals surface area (Å²) < 4.78 is -0.560. The Morgan fingerprint density at radius 2 is 2.29 bits per heavy atom. The van der Waals surface area contributed by atoms with E-state index < -0.39 is 16.8 Å². The molecule has 3 N–H and O–H groups in total. The minimum absolute atomic E-state index is 0.434. The number of hydrogen-bond donors (Lipinski definition) is 2. The number of pyridine rings is 1. The molecule has 1 atom stereocenters. The SMILES string of the molecule is CC(C)(SCc1cccc(Cl)n1)[C@H](N)C(=O)O. The van der Waals surface area contributed by atoms with Gasteiger partial charge in [-0.25, -0.2) is 4.98 Å². The van der Waals surface area contributed by atoms with Crippen molar-refractivity contribution in [2.75, 3.05) is 0 Å². The second-order valence-corrected chi connectivity index (χ2v) is 6.18. The van der Waals surface area contributed by atoms with Crippen molar-refractivity contribution in [3.63, 3.8) is 0 Å². The summed E-state index contributed by atoms with van der Waals surface area (Å²) in [5.74, 6) is -0.421. The van der Waals surface area contributed by atoms with Crippen LogP contribution in [0, 0.1) is 0 Å². The number of carbonyl (C=O) groups is 1. The van der Waals surface area contributed by atoms with Crippen molar-refractivity contribution in [1.29, 1.82) is 0 Å². The lowest BCUT2D eigenvalue weighted by molar-refractivity contribution is -0.139. The zero-order valence-electron chi connectivity index (χ0n) is 9.68. The number of nitrogens with zero attached hydrogens (tertiary/aromatic N) is 1. The van der Waals surface area contributed by atoms with Crippen LogP contribution >= 0.6 is 23.4 Å². The third kappa shape index (κ3) is 4.18. The molecule has 0 spiro atoms. The number of thioether (sulfide) groups is 1. The molecule has 0 saturated carbocycles. The lowest BCUT2D eigenvalue weighted by atomic mass is 10.1. The number of hydrogen-bond acceptors (Lipinski definition) is 4. The van der Waals surface area contributed by atoms with E-state index in [1.165, 1.54) is 11.8 Å². The summed E-state index contributed by atoms with van der Waals surface area (Å²) in [6, 6.07) is 4.45. The normalized spacial score (nSPS) is 13.4. The van der Waals surface area contributed by atoms with E-state index in [-0.39, 0.29) is 0 Å². The van der Waals surface area contributed by atoms with E-state index in [0.29, 0.717) is 10.9 Å². The van der Waals surface area contributed by atoms with Gasteiger partial charge in [-0.15, -0.1) is 11.8 Å². The van der Waals surface area contributed by atoms with Crippen molar-refractivity contribution in [2.24, 2.45) is 5.73 Å². The quantitative estimate of drug-likeness (QED) is 0.805. The number of carboxylic acids is 1. The molecule has 1 aromatic rings. The van der Waals surface area contributed by atoms with Gasteiger partial charge in [-0.1, -0.05) is 17.7 Å². The van der Waals surface area contributed by atoms with Crippen LogP contribution in [0.2, 0.25) is 5.15 Å². The molecule has 0 amide bonds. The molecule has 0 aliphatic heterocycles. The van der Waals surface area contributed by atoms with Gasteiger partial charge in [0.1, 0.15) is 11.2 Å². The fourth-order valence-electron chi connectivity index (χ4n) is 1.18. The molecule has 0 bridgehead atoms. The number of aliphatic carboxylic acids is 1. The van der Waals surface area contributed by atoms with Gasteiger partial charge in [0.25, 0.3) is 0 Å².